The molecule has 1 unspecified atom stereocenters. The van der Waals surface area contributed by atoms with Gasteiger partial charge in [-0.1, -0.05) is 0 Å². The first kappa shape index (κ1) is 14.9. The predicted octanol–water partition coefficient (Wildman–Crippen LogP) is 0.739. The van der Waals surface area contributed by atoms with Crippen molar-refractivity contribution in [1.82, 2.24) is 9.47 Å². The summed E-state index contributed by atoms with van der Waals surface area (Å²) in [5.41, 5.74) is 6.81. The Bertz CT molecular complexity index is 606. The Morgan fingerprint density at radius 2 is 2.20 bits per heavy atom. The van der Waals surface area contributed by atoms with E-state index in [9.17, 15) is 13.2 Å². The molecule has 1 aliphatic rings. The van der Waals surface area contributed by atoms with Crippen LogP contribution in [0.5, 0.6) is 0 Å². The van der Waals surface area contributed by atoms with Gasteiger partial charge in [0.1, 0.15) is 5.69 Å². The molecule has 7 heteroatoms. The summed E-state index contributed by atoms with van der Waals surface area (Å²) in [4.78, 5) is 14.3. The summed E-state index contributed by atoms with van der Waals surface area (Å²) in [6.07, 6.45) is 2.25. The molecule has 6 nitrogen and oxygen atoms in total. The van der Waals surface area contributed by atoms with Gasteiger partial charge in [0.2, 0.25) is 0 Å². The molecule has 1 amide bonds. The van der Waals surface area contributed by atoms with Gasteiger partial charge in [0, 0.05) is 25.3 Å². The standard InChI is InChI=1S/C13H21N3O3S/c1-3-15-8-10(14)7-12(15)13(17)16(4-2)11-5-6-20(18,19)9-11/h7-8,11H,3-6,9,14H2,1-2H3. The third kappa shape index (κ3) is 2.82. The van der Waals surface area contributed by atoms with E-state index in [0.717, 1.165) is 0 Å². The lowest BCUT2D eigenvalue weighted by molar-refractivity contribution is 0.0697. The van der Waals surface area contributed by atoms with E-state index < -0.39 is 9.84 Å². The van der Waals surface area contributed by atoms with E-state index in [1.165, 1.54) is 0 Å². The smallest absolute Gasteiger partial charge is 0.270 e. The number of aryl methyl sites for hydroxylation is 1. The molecule has 1 aliphatic heterocycles. The van der Waals surface area contributed by atoms with Crippen LogP contribution in [-0.4, -0.2) is 47.9 Å². The number of carbonyl (C=O) groups is 1. The van der Waals surface area contributed by atoms with Crippen molar-refractivity contribution in [2.75, 3.05) is 23.8 Å². The van der Waals surface area contributed by atoms with E-state index in [0.29, 0.717) is 30.9 Å². The minimum Gasteiger partial charge on any atom is -0.397 e. The van der Waals surface area contributed by atoms with E-state index in [1.807, 2.05) is 13.8 Å². The van der Waals surface area contributed by atoms with Gasteiger partial charge in [-0.2, -0.15) is 0 Å². The van der Waals surface area contributed by atoms with Gasteiger partial charge in [-0.15, -0.1) is 0 Å². The fourth-order valence-electron chi connectivity index (χ4n) is 2.71. The molecule has 1 aromatic heterocycles. The van der Waals surface area contributed by atoms with Gasteiger partial charge in [-0.05, 0) is 26.3 Å². The summed E-state index contributed by atoms with van der Waals surface area (Å²) < 4.78 is 25.0. The lowest BCUT2D eigenvalue weighted by atomic mass is 10.2. The van der Waals surface area contributed by atoms with Crippen LogP contribution in [0.15, 0.2) is 12.3 Å². The van der Waals surface area contributed by atoms with Crippen LogP contribution in [0.2, 0.25) is 0 Å². The monoisotopic (exact) mass is 299 g/mol. The summed E-state index contributed by atoms with van der Waals surface area (Å²) in [6, 6.07) is 1.43. The zero-order valence-electron chi connectivity index (χ0n) is 11.9. The lowest BCUT2D eigenvalue weighted by Crippen LogP contribution is -2.41. The molecule has 0 spiro atoms. The Labute approximate surface area is 119 Å². The number of aromatic nitrogens is 1. The number of rotatable bonds is 4. The van der Waals surface area contributed by atoms with Crippen molar-refractivity contribution in [3.63, 3.8) is 0 Å². The second kappa shape index (κ2) is 5.47. The normalized spacial score (nSPS) is 21.0. The Kier molecular flexibility index (Phi) is 4.08. The van der Waals surface area contributed by atoms with E-state index in [2.05, 4.69) is 0 Å². The first-order chi connectivity index (χ1) is 9.38. The fraction of sp³-hybridized carbons (Fsp3) is 0.615. The molecule has 0 aromatic carbocycles. The Hall–Kier alpha value is -1.50. The van der Waals surface area contributed by atoms with Crippen molar-refractivity contribution in [2.24, 2.45) is 0 Å². The second-order valence-corrected chi connectivity index (χ2v) is 7.32. The van der Waals surface area contributed by atoms with Gasteiger partial charge in [0.15, 0.2) is 9.84 Å². The average Bonchev–Trinajstić information content (AvgIpc) is 2.93. The van der Waals surface area contributed by atoms with Gasteiger partial charge >= 0.3 is 0 Å². The molecule has 0 radical (unpaired) electrons. The maximum atomic E-state index is 12.6. The van der Waals surface area contributed by atoms with Crippen molar-refractivity contribution < 1.29 is 13.2 Å². The second-order valence-electron chi connectivity index (χ2n) is 5.09. The Morgan fingerprint density at radius 1 is 1.50 bits per heavy atom. The van der Waals surface area contributed by atoms with Crippen molar-refractivity contribution >= 4 is 21.4 Å². The molecular formula is C13H21N3O3S. The SMILES string of the molecule is CCN(C(=O)c1cc(N)cn1CC)C1CCS(=O)(=O)C1. The van der Waals surface area contributed by atoms with Crippen molar-refractivity contribution in [3.05, 3.63) is 18.0 Å². The number of nitrogens with two attached hydrogens (primary N) is 1. The highest BCUT2D eigenvalue weighted by atomic mass is 32.2. The van der Waals surface area contributed by atoms with Crippen molar-refractivity contribution in [2.45, 2.75) is 32.9 Å². The molecule has 20 heavy (non-hydrogen) atoms. The number of sulfone groups is 1. The zero-order chi connectivity index (χ0) is 14.9. The minimum atomic E-state index is -3.00. The molecule has 2 heterocycles. The third-order valence-electron chi connectivity index (χ3n) is 3.73. The average molecular weight is 299 g/mol. The Balaban J connectivity index is 2.25. The summed E-state index contributed by atoms with van der Waals surface area (Å²) >= 11 is 0. The number of nitrogens with zero attached hydrogens (tertiary/aromatic N) is 2. The molecule has 1 atom stereocenters. The highest BCUT2D eigenvalue weighted by molar-refractivity contribution is 7.91. The first-order valence-electron chi connectivity index (χ1n) is 6.85. The molecule has 1 saturated heterocycles. The largest absolute Gasteiger partial charge is 0.397 e. The van der Waals surface area contributed by atoms with Gasteiger partial charge in [-0.25, -0.2) is 8.42 Å². The van der Waals surface area contributed by atoms with E-state index in [1.54, 1.807) is 21.7 Å². The molecule has 112 valence electrons. The molecule has 2 N–H and O–H groups in total. The van der Waals surface area contributed by atoms with Gasteiger partial charge in [0.05, 0.1) is 17.2 Å². The van der Waals surface area contributed by atoms with Crippen LogP contribution in [0.4, 0.5) is 5.69 Å². The number of nitrogen functional groups attached to an aromatic ring is 1. The molecule has 2 rings (SSSR count). The van der Waals surface area contributed by atoms with Gasteiger partial charge in [0.25, 0.3) is 5.91 Å². The van der Waals surface area contributed by atoms with Crippen molar-refractivity contribution in [1.29, 1.82) is 0 Å². The minimum absolute atomic E-state index is 0.0644. The van der Waals surface area contributed by atoms with Crippen molar-refractivity contribution in [3.8, 4) is 0 Å². The van der Waals surface area contributed by atoms with Crippen LogP contribution < -0.4 is 5.73 Å². The number of carbonyl (C=O) groups excluding carboxylic acids is 1. The summed E-state index contributed by atoms with van der Waals surface area (Å²) in [5, 5.41) is 0. The fourth-order valence-corrected chi connectivity index (χ4v) is 4.44. The number of amides is 1. The van der Waals surface area contributed by atoms with Crippen LogP contribution in [0.25, 0.3) is 0 Å². The van der Waals surface area contributed by atoms with Gasteiger partial charge < -0.3 is 15.2 Å². The van der Waals surface area contributed by atoms with E-state index >= 15 is 0 Å². The summed E-state index contributed by atoms with van der Waals surface area (Å²) in [7, 11) is -3.00. The molecule has 0 saturated carbocycles. The highest BCUT2D eigenvalue weighted by Gasteiger charge is 2.34. The third-order valence-corrected chi connectivity index (χ3v) is 5.48. The molecule has 0 bridgehead atoms. The quantitative estimate of drug-likeness (QED) is 0.888. The van der Waals surface area contributed by atoms with Crippen LogP contribution in [0.1, 0.15) is 30.8 Å². The molecular weight excluding hydrogens is 278 g/mol. The molecule has 0 aliphatic carbocycles. The number of hydrogen-bond donors (Lipinski definition) is 1. The summed E-state index contributed by atoms with van der Waals surface area (Å²) in [5.74, 6) is 0.0842. The van der Waals surface area contributed by atoms with Crippen LogP contribution in [0, 0.1) is 0 Å². The molecule has 1 aromatic rings. The van der Waals surface area contributed by atoms with Gasteiger partial charge in [-0.3, -0.25) is 4.79 Å². The van der Waals surface area contributed by atoms with Crippen LogP contribution in [0.3, 0.4) is 0 Å². The predicted molar refractivity (Wildman–Crippen MR) is 78.3 cm³/mol. The lowest BCUT2D eigenvalue weighted by Gasteiger charge is -2.27. The maximum Gasteiger partial charge on any atom is 0.270 e. The zero-order valence-corrected chi connectivity index (χ0v) is 12.7. The Morgan fingerprint density at radius 3 is 2.70 bits per heavy atom. The number of anilines is 1. The number of hydrogen-bond acceptors (Lipinski definition) is 4. The van der Waals surface area contributed by atoms with E-state index in [-0.39, 0.29) is 23.5 Å². The summed E-state index contributed by atoms with van der Waals surface area (Å²) in [6.45, 7) is 4.95. The van der Waals surface area contributed by atoms with Crippen LogP contribution in [-0.2, 0) is 16.4 Å². The first-order valence-corrected chi connectivity index (χ1v) is 8.67. The topological polar surface area (TPSA) is 85.4 Å². The van der Waals surface area contributed by atoms with E-state index in [4.69, 9.17) is 5.73 Å². The highest BCUT2D eigenvalue weighted by Crippen LogP contribution is 2.21. The molecule has 1 fully saturated rings. The van der Waals surface area contributed by atoms with Crippen LogP contribution >= 0.6 is 0 Å². The maximum absolute atomic E-state index is 12.6.